The van der Waals surface area contributed by atoms with Crippen LogP contribution in [0.3, 0.4) is 0 Å². The quantitative estimate of drug-likeness (QED) is 0.337. The number of hydrogen-bond acceptors (Lipinski definition) is 3. The van der Waals surface area contributed by atoms with Gasteiger partial charge in [-0.05, 0) is 31.9 Å². The van der Waals surface area contributed by atoms with Crippen LogP contribution in [0.2, 0.25) is 0 Å². The largest absolute Gasteiger partial charge is 0.507 e. The third-order valence-corrected chi connectivity index (χ3v) is 4.43. The van der Waals surface area contributed by atoms with Crippen molar-refractivity contribution in [3.63, 3.8) is 0 Å². The third-order valence-electron chi connectivity index (χ3n) is 4.43. The summed E-state index contributed by atoms with van der Waals surface area (Å²) in [4.78, 5) is 11.3. The van der Waals surface area contributed by atoms with Crippen molar-refractivity contribution in [2.45, 2.75) is 39.0 Å². The van der Waals surface area contributed by atoms with Gasteiger partial charge in [-0.15, -0.1) is 0 Å². The molecular formula is C21H24O3. The second kappa shape index (κ2) is 8.37. The van der Waals surface area contributed by atoms with E-state index in [2.05, 4.69) is 18.9 Å². The molecule has 0 spiro atoms. The van der Waals surface area contributed by atoms with Crippen LogP contribution in [0, 0.1) is 5.92 Å². The molecule has 0 saturated heterocycles. The molecule has 1 fully saturated rings. The molecule has 0 unspecified atom stereocenters. The highest BCUT2D eigenvalue weighted by Crippen LogP contribution is 2.35. The Morgan fingerprint density at radius 2 is 2.04 bits per heavy atom. The molecule has 0 bridgehead atoms. The minimum atomic E-state index is 0.120. The Hall–Kier alpha value is -2.51. The predicted molar refractivity (Wildman–Crippen MR) is 97.2 cm³/mol. The van der Waals surface area contributed by atoms with Gasteiger partial charge < -0.3 is 9.84 Å². The second-order valence-electron chi connectivity index (χ2n) is 6.09. The number of phenolic OH excluding ortho intramolecular Hbond substituents is 1. The molecule has 1 saturated carbocycles. The summed E-state index contributed by atoms with van der Waals surface area (Å²) in [5, 5.41) is 10.0. The van der Waals surface area contributed by atoms with Gasteiger partial charge in [-0.1, -0.05) is 50.3 Å². The van der Waals surface area contributed by atoms with E-state index in [0.717, 1.165) is 32.0 Å². The highest BCUT2D eigenvalue weighted by molar-refractivity contribution is 5.74. The number of phenols is 1. The molecule has 1 aliphatic rings. The van der Waals surface area contributed by atoms with Crippen LogP contribution in [0.4, 0.5) is 0 Å². The predicted octanol–water partition coefficient (Wildman–Crippen LogP) is 5.23. The van der Waals surface area contributed by atoms with E-state index in [1.54, 1.807) is 25.1 Å². The molecule has 0 aliphatic heterocycles. The number of rotatable bonds is 6. The summed E-state index contributed by atoms with van der Waals surface area (Å²) in [6.07, 6.45) is 7.98. The highest BCUT2D eigenvalue weighted by Gasteiger charge is 2.23. The van der Waals surface area contributed by atoms with Gasteiger partial charge in [0.05, 0.1) is 0 Å². The zero-order valence-corrected chi connectivity index (χ0v) is 14.2. The van der Waals surface area contributed by atoms with Gasteiger partial charge >= 0.3 is 0 Å². The van der Waals surface area contributed by atoms with Crippen LogP contribution in [0.25, 0.3) is 11.8 Å². The number of aromatic hydroxyl groups is 1. The monoisotopic (exact) mass is 324 g/mol. The lowest BCUT2D eigenvalue weighted by Crippen LogP contribution is -2.13. The Labute approximate surface area is 143 Å². The van der Waals surface area contributed by atoms with Gasteiger partial charge in [-0.25, -0.2) is 0 Å². The van der Waals surface area contributed by atoms with E-state index in [4.69, 9.17) is 4.74 Å². The van der Waals surface area contributed by atoms with Crippen LogP contribution < -0.4 is 0 Å². The number of carbonyl (C=O) groups is 1. The molecule has 0 aromatic heterocycles. The maximum absolute atomic E-state index is 11.3. The first kappa shape index (κ1) is 17.8. The minimum Gasteiger partial charge on any atom is -0.507 e. The number of ether oxygens (including phenoxy) is 1. The van der Waals surface area contributed by atoms with E-state index in [0.29, 0.717) is 28.2 Å². The summed E-state index contributed by atoms with van der Waals surface area (Å²) in [5.74, 6) is 1.48. The van der Waals surface area contributed by atoms with Gasteiger partial charge in [0.1, 0.15) is 17.8 Å². The summed E-state index contributed by atoms with van der Waals surface area (Å²) in [6.45, 7) is 9.12. The van der Waals surface area contributed by atoms with Crippen molar-refractivity contribution in [2.75, 3.05) is 0 Å². The number of aldehydes is 1. The Morgan fingerprint density at radius 3 is 2.58 bits per heavy atom. The molecule has 3 nitrogen and oxygen atoms in total. The molecule has 0 heterocycles. The van der Waals surface area contributed by atoms with Gasteiger partial charge in [-0.2, -0.15) is 0 Å². The maximum Gasteiger partial charge on any atom is 0.176 e. The van der Waals surface area contributed by atoms with E-state index in [-0.39, 0.29) is 11.7 Å². The Balaban J connectivity index is 2.32. The molecule has 1 aromatic carbocycles. The Bertz CT molecular complexity index is 700. The molecule has 2 rings (SSSR count). The summed E-state index contributed by atoms with van der Waals surface area (Å²) in [7, 11) is 0. The van der Waals surface area contributed by atoms with Crippen LogP contribution in [0.15, 0.2) is 48.4 Å². The van der Waals surface area contributed by atoms with Crippen molar-refractivity contribution in [2.24, 2.45) is 5.92 Å². The minimum absolute atomic E-state index is 0.120. The van der Waals surface area contributed by atoms with Gasteiger partial charge in [0, 0.05) is 22.6 Å². The van der Waals surface area contributed by atoms with Crippen LogP contribution in [0.5, 0.6) is 5.75 Å². The van der Waals surface area contributed by atoms with Crippen molar-refractivity contribution in [3.8, 4) is 5.75 Å². The highest BCUT2D eigenvalue weighted by atomic mass is 16.5. The summed E-state index contributed by atoms with van der Waals surface area (Å²) >= 11 is 0. The van der Waals surface area contributed by atoms with E-state index in [1.807, 2.05) is 6.07 Å². The molecule has 1 aliphatic carbocycles. The van der Waals surface area contributed by atoms with Gasteiger partial charge in [0.2, 0.25) is 0 Å². The number of carbonyl (C=O) groups excluding carboxylic acids is 1. The fourth-order valence-electron chi connectivity index (χ4n) is 3.07. The van der Waals surface area contributed by atoms with Crippen molar-refractivity contribution in [1.29, 1.82) is 0 Å². The Kier molecular flexibility index (Phi) is 6.22. The zero-order chi connectivity index (χ0) is 17.5. The first-order chi connectivity index (χ1) is 11.6. The van der Waals surface area contributed by atoms with Crippen molar-refractivity contribution in [3.05, 3.63) is 59.5 Å². The summed E-state index contributed by atoms with van der Waals surface area (Å²) < 4.78 is 6.06. The average Bonchev–Trinajstić information content (AvgIpc) is 2.62. The fraction of sp³-hybridized carbons (Fsp3) is 0.333. The van der Waals surface area contributed by atoms with E-state index < -0.39 is 0 Å². The Morgan fingerprint density at radius 1 is 1.33 bits per heavy atom. The first-order valence-electron chi connectivity index (χ1n) is 8.30. The molecule has 1 aromatic rings. The standard InChI is InChI=1S/C21H24O3/c1-4-16-11-12-18(13-19(16)23)20(5-2)24-21(15(3)14-22)17-9-7-6-8-10-17/h4,11-14,17,23H,1-2,6-10H2,3H3. The summed E-state index contributed by atoms with van der Waals surface area (Å²) in [6, 6.07) is 5.17. The zero-order valence-electron chi connectivity index (χ0n) is 14.2. The molecular weight excluding hydrogens is 300 g/mol. The number of allylic oxidation sites excluding steroid dienone is 2. The molecule has 0 amide bonds. The SMILES string of the molecule is C=C=C(OC(=C(C)C=O)C1CCCCC1)c1ccc(C=C)c(O)c1. The average molecular weight is 324 g/mol. The van der Waals surface area contributed by atoms with Crippen molar-refractivity contribution >= 4 is 18.1 Å². The smallest absolute Gasteiger partial charge is 0.176 e. The normalized spacial score (nSPS) is 15.9. The van der Waals surface area contributed by atoms with Crippen LogP contribution in [-0.2, 0) is 9.53 Å². The van der Waals surface area contributed by atoms with Crippen LogP contribution >= 0.6 is 0 Å². The molecule has 0 radical (unpaired) electrons. The fourth-order valence-corrected chi connectivity index (χ4v) is 3.07. The van der Waals surface area contributed by atoms with Crippen LogP contribution in [-0.4, -0.2) is 11.4 Å². The number of hydrogen-bond donors (Lipinski definition) is 1. The van der Waals surface area contributed by atoms with Crippen molar-refractivity contribution < 1.29 is 14.6 Å². The molecule has 1 N–H and O–H groups in total. The van der Waals surface area contributed by atoms with Crippen molar-refractivity contribution in [1.82, 2.24) is 0 Å². The molecule has 0 atom stereocenters. The third kappa shape index (κ3) is 4.06. The molecule has 24 heavy (non-hydrogen) atoms. The van der Waals surface area contributed by atoms with E-state index in [1.165, 1.54) is 6.42 Å². The summed E-state index contributed by atoms with van der Waals surface area (Å²) in [5.41, 5.74) is 4.70. The van der Waals surface area contributed by atoms with Crippen LogP contribution in [0.1, 0.15) is 50.2 Å². The lowest BCUT2D eigenvalue weighted by atomic mass is 9.86. The van der Waals surface area contributed by atoms with E-state index in [9.17, 15) is 9.90 Å². The first-order valence-corrected chi connectivity index (χ1v) is 8.30. The second-order valence-corrected chi connectivity index (χ2v) is 6.09. The maximum atomic E-state index is 11.3. The van der Waals surface area contributed by atoms with Gasteiger partial charge in [0.15, 0.2) is 5.76 Å². The van der Waals surface area contributed by atoms with Gasteiger partial charge in [0.25, 0.3) is 0 Å². The molecule has 126 valence electrons. The number of benzene rings is 1. The lowest BCUT2D eigenvalue weighted by molar-refractivity contribution is -0.105. The lowest BCUT2D eigenvalue weighted by Gasteiger charge is -2.26. The topological polar surface area (TPSA) is 46.5 Å². The molecule has 3 heteroatoms. The van der Waals surface area contributed by atoms with E-state index >= 15 is 0 Å². The van der Waals surface area contributed by atoms with Gasteiger partial charge in [-0.3, -0.25) is 4.79 Å².